The lowest BCUT2D eigenvalue weighted by atomic mass is 10.0. The minimum atomic E-state index is -0.726. The van der Waals surface area contributed by atoms with Crippen molar-refractivity contribution in [3.63, 3.8) is 0 Å². The van der Waals surface area contributed by atoms with Crippen LogP contribution in [0.4, 0.5) is 5.69 Å². The highest BCUT2D eigenvalue weighted by Gasteiger charge is 2.21. The van der Waals surface area contributed by atoms with Crippen molar-refractivity contribution in [3.8, 4) is 17.6 Å². The number of aryl methyl sites for hydroxylation is 1. The number of rotatable bonds is 2. The molecular formula is C15H11NO4. The van der Waals surface area contributed by atoms with Gasteiger partial charge < -0.3 is 5.11 Å². The zero-order valence-corrected chi connectivity index (χ0v) is 10.7. The molecule has 1 N–H and O–H groups in total. The predicted molar refractivity (Wildman–Crippen MR) is 73.4 cm³/mol. The maximum Gasteiger partial charge on any atom is 0.311 e. The molecule has 0 fully saturated rings. The molecule has 0 saturated carbocycles. The number of phenols is 1. The monoisotopic (exact) mass is 269 g/mol. The van der Waals surface area contributed by atoms with Gasteiger partial charge in [0.25, 0.3) is 0 Å². The summed E-state index contributed by atoms with van der Waals surface area (Å²) in [6.45, 7) is 1.61. The second-order valence-electron chi connectivity index (χ2n) is 4.34. The van der Waals surface area contributed by atoms with E-state index >= 15 is 0 Å². The number of Topliss-reactive ketones (excluding diaryl/α,β-unsaturated/α-hetero) is 1. The SMILES string of the molecule is Cc1cc(C(=O)C#CC2=CC=CC2)c(O)c([N+](=O)[O-])c1. The Balaban J connectivity index is 2.37. The normalized spacial score (nSPS) is 12.6. The number of phenolic OH excluding ortho intramolecular Hbond substituents is 1. The molecule has 0 atom stereocenters. The summed E-state index contributed by atoms with van der Waals surface area (Å²) in [7, 11) is 0. The molecule has 1 aliphatic carbocycles. The third-order valence-corrected chi connectivity index (χ3v) is 2.78. The molecule has 0 radical (unpaired) electrons. The van der Waals surface area contributed by atoms with Crippen LogP contribution in [0, 0.1) is 28.9 Å². The molecule has 2 rings (SSSR count). The fourth-order valence-electron chi connectivity index (χ4n) is 1.82. The number of hydrogen-bond acceptors (Lipinski definition) is 4. The van der Waals surface area contributed by atoms with Gasteiger partial charge in [0, 0.05) is 11.6 Å². The summed E-state index contributed by atoms with van der Waals surface area (Å²) < 4.78 is 0. The van der Waals surface area contributed by atoms with Crippen LogP contribution in [0.2, 0.25) is 0 Å². The third-order valence-electron chi connectivity index (χ3n) is 2.78. The lowest BCUT2D eigenvalue weighted by Crippen LogP contribution is -2.00. The Morgan fingerprint density at radius 1 is 1.45 bits per heavy atom. The molecule has 0 spiro atoms. The van der Waals surface area contributed by atoms with E-state index in [1.807, 2.05) is 12.2 Å². The predicted octanol–water partition coefficient (Wildman–Crippen LogP) is 2.68. The molecule has 1 aliphatic rings. The van der Waals surface area contributed by atoms with E-state index in [1.54, 1.807) is 13.0 Å². The molecule has 0 bridgehead atoms. The number of ketones is 1. The standard InChI is InChI=1S/C15H11NO4/c1-10-8-12(15(18)13(9-10)16(19)20)14(17)7-6-11-4-2-3-5-11/h2-4,8-9,18H,5H2,1H3. The van der Waals surface area contributed by atoms with Crippen molar-refractivity contribution < 1.29 is 14.8 Å². The first-order valence-corrected chi connectivity index (χ1v) is 5.89. The quantitative estimate of drug-likeness (QED) is 0.294. The summed E-state index contributed by atoms with van der Waals surface area (Å²) in [5, 5.41) is 20.6. The second-order valence-corrected chi connectivity index (χ2v) is 4.34. The van der Waals surface area contributed by atoms with Crippen molar-refractivity contribution in [2.75, 3.05) is 0 Å². The molecule has 0 heterocycles. The largest absolute Gasteiger partial charge is 0.502 e. The van der Waals surface area contributed by atoms with Gasteiger partial charge in [-0.3, -0.25) is 14.9 Å². The topological polar surface area (TPSA) is 80.4 Å². The van der Waals surface area contributed by atoms with Gasteiger partial charge in [-0.1, -0.05) is 24.1 Å². The highest BCUT2D eigenvalue weighted by molar-refractivity contribution is 6.11. The van der Waals surface area contributed by atoms with Crippen LogP contribution >= 0.6 is 0 Å². The molecule has 20 heavy (non-hydrogen) atoms. The highest BCUT2D eigenvalue weighted by atomic mass is 16.6. The van der Waals surface area contributed by atoms with Gasteiger partial charge >= 0.3 is 5.69 Å². The van der Waals surface area contributed by atoms with Crippen molar-refractivity contribution in [3.05, 3.63) is 57.2 Å². The van der Waals surface area contributed by atoms with Gasteiger partial charge in [-0.05, 0) is 30.9 Å². The third kappa shape index (κ3) is 2.75. The molecule has 0 aliphatic heterocycles. The number of hydrogen-bond donors (Lipinski definition) is 1. The van der Waals surface area contributed by atoms with Crippen molar-refractivity contribution >= 4 is 11.5 Å². The van der Waals surface area contributed by atoms with Gasteiger partial charge in [0.05, 0.1) is 10.5 Å². The summed E-state index contributed by atoms with van der Waals surface area (Å²) >= 11 is 0. The van der Waals surface area contributed by atoms with Crippen molar-refractivity contribution in [2.24, 2.45) is 0 Å². The Morgan fingerprint density at radius 3 is 2.80 bits per heavy atom. The Bertz CT molecular complexity index is 717. The number of nitrogens with zero attached hydrogens (tertiary/aromatic N) is 1. The number of allylic oxidation sites excluding steroid dienone is 4. The van der Waals surface area contributed by atoms with Gasteiger partial charge in [0.15, 0.2) is 0 Å². The van der Waals surface area contributed by atoms with Gasteiger partial charge in [0.2, 0.25) is 11.5 Å². The fraction of sp³-hybridized carbons (Fsp3) is 0.133. The molecule has 1 aromatic carbocycles. The van der Waals surface area contributed by atoms with Crippen LogP contribution in [0.5, 0.6) is 5.75 Å². The van der Waals surface area contributed by atoms with E-state index in [1.165, 1.54) is 12.1 Å². The van der Waals surface area contributed by atoms with Crippen molar-refractivity contribution in [1.29, 1.82) is 0 Å². The van der Waals surface area contributed by atoms with E-state index in [4.69, 9.17) is 0 Å². The Labute approximate surface area is 115 Å². The van der Waals surface area contributed by atoms with Crippen LogP contribution < -0.4 is 0 Å². The van der Waals surface area contributed by atoms with E-state index in [2.05, 4.69) is 11.8 Å². The van der Waals surface area contributed by atoms with Crippen molar-refractivity contribution in [2.45, 2.75) is 13.3 Å². The van der Waals surface area contributed by atoms with Crippen LogP contribution in [0.1, 0.15) is 22.3 Å². The van der Waals surface area contributed by atoms with Crippen LogP contribution in [0.15, 0.2) is 35.9 Å². The Hall–Kier alpha value is -2.87. The number of nitro groups is 1. The Kier molecular flexibility index (Phi) is 3.67. The second kappa shape index (κ2) is 5.41. The molecule has 0 saturated heterocycles. The first-order valence-electron chi connectivity index (χ1n) is 5.89. The average molecular weight is 269 g/mol. The molecular weight excluding hydrogens is 258 g/mol. The van der Waals surface area contributed by atoms with E-state index in [0.717, 1.165) is 5.57 Å². The Morgan fingerprint density at radius 2 is 2.20 bits per heavy atom. The van der Waals surface area contributed by atoms with Gasteiger partial charge in [0.1, 0.15) is 0 Å². The van der Waals surface area contributed by atoms with E-state index in [-0.39, 0.29) is 5.56 Å². The van der Waals surface area contributed by atoms with Gasteiger partial charge in [-0.25, -0.2) is 0 Å². The number of nitro benzene ring substituents is 1. The maximum absolute atomic E-state index is 11.9. The number of carbonyl (C=O) groups is 1. The maximum atomic E-state index is 11.9. The highest BCUT2D eigenvalue weighted by Crippen LogP contribution is 2.31. The van der Waals surface area contributed by atoms with Gasteiger partial charge in [-0.2, -0.15) is 0 Å². The smallest absolute Gasteiger partial charge is 0.311 e. The fourth-order valence-corrected chi connectivity index (χ4v) is 1.82. The molecule has 5 heteroatoms. The lowest BCUT2D eigenvalue weighted by molar-refractivity contribution is -0.385. The summed E-state index contributed by atoms with van der Waals surface area (Å²) in [4.78, 5) is 22.0. The zero-order valence-electron chi connectivity index (χ0n) is 10.7. The van der Waals surface area contributed by atoms with Crippen LogP contribution in [0.3, 0.4) is 0 Å². The summed E-state index contributed by atoms with van der Waals surface area (Å²) in [6.07, 6.45) is 6.20. The van der Waals surface area contributed by atoms with E-state index in [9.17, 15) is 20.0 Å². The first kappa shape index (κ1) is 13.6. The van der Waals surface area contributed by atoms with E-state index < -0.39 is 22.1 Å². The van der Waals surface area contributed by atoms with Crippen LogP contribution in [-0.2, 0) is 0 Å². The first-order chi connectivity index (χ1) is 9.49. The average Bonchev–Trinajstić information content (AvgIpc) is 2.91. The summed E-state index contributed by atoms with van der Waals surface area (Å²) in [5.74, 6) is 3.81. The molecule has 1 aromatic rings. The van der Waals surface area contributed by atoms with E-state index in [0.29, 0.717) is 12.0 Å². The zero-order chi connectivity index (χ0) is 14.7. The molecule has 5 nitrogen and oxygen atoms in total. The molecule has 0 amide bonds. The minimum Gasteiger partial charge on any atom is -0.502 e. The summed E-state index contributed by atoms with van der Waals surface area (Å²) in [6, 6.07) is 2.60. The molecule has 100 valence electrons. The van der Waals surface area contributed by atoms with Crippen LogP contribution in [0.25, 0.3) is 0 Å². The molecule has 0 unspecified atom stereocenters. The minimum absolute atomic E-state index is 0.143. The van der Waals surface area contributed by atoms with Crippen molar-refractivity contribution in [1.82, 2.24) is 0 Å². The lowest BCUT2D eigenvalue weighted by Gasteiger charge is -2.02. The number of carbonyl (C=O) groups excluding carboxylic acids is 1. The summed E-state index contributed by atoms with van der Waals surface area (Å²) in [5.41, 5.74) is 0.675. The van der Waals surface area contributed by atoms with Gasteiger partial charge in [-0.15, -0.1) is 0 Å². The number of aromatic hydroxyl groups is 1. The van der Waals surface area contributed by atoms with Crippen LogP contribution in [-0.4, -0.2) is 15.8 Å². The number of benzene rings is 1. The molecule has 0 aromatic heterocycles.